The highest BCUT2D eigenvalue weighted by Crippen LogP contribution is 2.24. The molecule has 0 saturated carbocycles. The van der Waals surface area contributed by atoms with Gasteiger partial charge >= 0.3 is 0 Å². The van der Waals surface area contributed by atoms with Crippen LogP contribution in [0.5, 0.6) is 0 Å². The highest BCUT2D eigenvalue weighted by atomic mass is 16.3. The summed E-state index contributed by atoms with van der Waals surface area (Å²) in [6, 6.07) is 6.31. The second-order valence-electron chi connectivity index (χ2n) is 5.54. The molecular weight excluding hydrogens is 238 g/mol. The minimum Gasteiger partial charge on any atom is -0.395 e. The third kappa shape index (κ3) is 2.51. The zero-order valence-electron chi connectivity index (χ0n) is 11.4. The molecule has 3 heterocycles. The predicted octanol–water partition coefficient (Wildman–Crippen LogP) is 1.93. The van der Waals surface area contributed by atoms with Crippen molar-refractivity contribution in [2.45, 2.75) is 32.4 Å². The summed E-state index contributed by atoms with van der Waals surface area (Å²) in [5.41, 5.74) is 2.07. The Morgan fingerprint density at radius 2 is 2.32 bits per heavy atom. The van der Waals surface area contributed by atoms with E-state index in [-0.39, 0.29) is 12.6 Å². The van der Waals surface area contributed by atoms with Crippen molar-refractivity contribution in [2.24, 2.45) is 5.92 Å². The van der Waals surface area contributed by atoms with Gasteiger partial charge in [0, 0.05) is 25.0 Å². The van der Waals surface area contributed by atoms with Gasteiger partial charge in [-0.3, -0.25) is 4.90 Å². The fraction of sp³-hybridized carbons (Fsp3) is 0.533. The van der Waals surface area contributed by atoms with Gasteiger partial charge in [0.15, 0.2) is 0 Å². The zero-order chi connectivity index (χ0) is 13.2. The predicted molar refractivity (Wildman–Crippen MR) is 74.9 cm³/mol. The second-order valence-corrected chi connectivity index (χ2v) is 5.54. The van der Waals surface area contributed by atoms with E-state index in [1.807, 2.05) is 24.4 Å². The van der Waals surface area contributed by atoms with Crippen molar-refractivity contribution in [1.82, 2.24) is 14.3 Å². The molecule has 2 unspecified atom stereocenters. The number of aromatic nitrogens is 2. The fourth-order valence-corrected chi connectivity index (χ4v) is 3.10. The van der Waals surface area contributed by atoms with Crippen molar-refractivity contribution in [1.29, 1.82) is 0 Å². The molecule has 2 aromatic heterocycles. The van der Waals surface area contributed by atoms with Crippen LogP contribution in [0, 0.1) is 5.92 Å². The van der Waals surface area contributed by atoms with Crippen LogP contribution < -0.4 is 0 Å². The summed E-state index contributed by atoms with van der Waals surface area (Å²) in [4.78, 5) is 7.01. The van der Waals surface area contributed by atoms with Crippen molar-refractivity contribution in [3.63, 3.8) is 0 Å². The van der Waals surface area contributed by atoms with Crippen LogP contribution >= 0.6 is 0 Å². The Labute approximate surface area is 113 Å². The summed E-state index contributed by atoms with van der Waals surface area (Å²) in [6.45, 7) is 4.37. The molecule has 0 radical (unpaired) electrons. The molecule has 102 valence electrons. The van der Waals surface area contributed by atoms with Gasteiger partial charge in [0.25, 0.3) is 0 Å². The Bertz CT molecular complexity index is 518. The lowest BCUT2D eigenvalue weighted by molar-refractivity contribution is 0.0465. The lowest BCUT2D eigenvalue weighted by Gasteiger charge is -2.38. The summed E-state index contributed by atoms with van der Waals surface area (Å²) in [5.74, 6) is 0.566. The third-order valence-corrected chi connectivity index (χ3v) is 4.20. The number of nitrogens with zero attached hydrogens (tertiary/aromatic N) is 3. The molecule has 1 fully saturated rings. The number of aliphatic hydroxyl groups excluding tert-OH is 1. The van der Waals surface area contributed by atoms with Crippen molar-refractivity contribution < 1.29 is 5.11 Å². The average molecular weight is 259 g/mol. The molecule has 2 atom stereocenters. The lowest BCUT2D eigenvalue weighted by Crippen LogP contribution is -2.46. The number of rotatable bonds is 3. The first-order valence-corrected chi connectivity index (χ1v) is 7.05. The molecule has 0 aromatic carbocycles. The monoisotopic (exact) mass is 259 g/mol. The molecule has 1 saturated heterocycles. The molecule has 0 aliphatic carbocycles. The van der Waals surface area contributed by atoms with Crippen LogP contribution in [-0.2, 0) is 6.54 Å². The summed E-state index contributed by atoms with van der Waals surface area (Å²) in [5, 5.41) is 9.58. The summed E-state index contributed by atoms with van der Waals surface area (Å²) < 4.78 is 2.05. The largest absolute Gasteiger partial charge is 0.395 e. The van der Waals surface area contributed by atoms with E-state index < -0.39 is 0 Å². The Hall–Kier alpha value is -1.39. The molecule has 3 rings (SSSR count). The van der Waals surface area contributed by atoms with E-state index in [1.54, 1.807) is 0 Å². The van der Waals surface area contributed by atoms with E-state index in [4.69, 9.17) is 0 Å². The maximum absolute atomic E-state index is 9.58. The van der Waals surface area contributed by atoms with Crippen LogP contribution in [0.25, 0.3) is 5.65 Å². The molecule has 1 N–H and O–H groups in total. The first kappa shape index (κ1) is 12.6. The van der Waals surface area contributed by atoms with Gasteiger partial charge in [-0.05, 0) is 37.4 Å². The van der Waals surface area contributed by atoms with Gasteiger partial charge in [-0.1, -0.05) is 13.0 Å². The van der Waals surface area contributed by atoms with Crippen molar-refractivity contribution in [3.05, 3.63) is 36.3 Å². The SMILES string of the molecule is CC1CCCN(Cc2cn3ccccc3n2)C1CO. The van der Waals surface area contributed by atoms with Crippen LogP contribution in [-0.4, -0.2) is 38.6 Å². The Balaban J connectivity index is 1.79. The molecule has 2 aromatic rings. The van der Waals surface area contributed by atoms with E-state index >= 15 is 0 Å². The molecular formula is C15H21N3O. The fourth-order valence-electron chi connectivity index (χ4n) is 3.10. The first-order valence-electron chi connectivity index (χ1n) is 7.05. The molecule has 0 amide bonds. The molecule has 0 bridgehead atoms. The zero-order valence-corrected chi connectivity index (χ0v) is 11.4. The standard InChI is InChI=1S/C15H21N3O/c1-12-5-4-8-17(14(12)11-19)9-13-10-18-7-3-2-6-15(18)16-13/h2-3,6-7,10,12,14,19H,4-5,8-9,11H2,1H3. The van der Waals surface area contributed by atoms with E-state index in [9.17, 15) is 5.11 Å². The van der Waals surface area contributed by atoms with Gasteiger partial charge in [-0.2, -0.15) is 0 Å². The van der Waals surface area contributed by atoms with Gasteiger partial charge in [0.2, 0.25) is 0 Å². The molecule has 0 spiro atoms. The van der Waals surface area contributed by atoms with Gasteiger partial charge < -0.3 is 9.51 Å². The minimum absolute atomic E-state index is 0.245. The summed E-state index contributed by atoms with van der Waals surface area (Å²) in [6.07, 6.45) is 6.54. The normalized spacial score (nSPS) is 24.9. The van der Waals surface area contributed by atoms with Crippen molar-refractivity contribution in [3.8, 4) is 0 Å². The molecule has 19 heavy (non-hydrogen) atoms. The smallest absolute Gasteiger partial charge is 0.137 e. The van der Waals surface area contributed by atoms with E-state index in [1.165, 1.54) is 12.8 Å². The van der Waals surface area contributed by atoms with Gasteiger partial charge in [-0.25, -0.2) is 4.98 Å². The second kappa shape index (κ2) is 5.31. The number of imidazole rings is 1. The third-order valence-electron chi connectivity index (χ3n) is 4.20. The van der Waals surface area contributed by atoms with Gasteiger partial charge in [-0.15, -0.1) is 0 Å². The summed E-state index contributed by atoms with van der Waals surface area (Å²) in [7, 11) is 0. The number of pyridine rings is 1. The maximum atomic E-state index is 9.58. The average Bonchev–Trinajstić information content (AvgIpc) is 2.81. The number of likely N-dealkylation sites (tertiary alicyclic amines) is 1. The first-order chi connectivity index (χ1) is 9.28. The number of hydrogen-bond donors (Lipinski definition) is 1. The molecule has 1 aliphatic heterocycles. The number of fused-ring (bicyclic) bond motifs is 1. The number of piperidine rings is 1. The highest BCUT2D eigenvalue weighted by molar-refractivity contribution is 5.39. The topological polar surface area (TPSA) is 40.8 Å². The maximum Gasteiger partial charge on any atom is 0.137 e. The van der Waals surface area contributed by atoms with Gasteiger partial charge in [0.1, 0.15) is 5.65 Å². The number of aliphatic hydroxyl groups is 1. The Morgan fingerprint density at radius 3 is 3.11 bits per heavy atom. The van der Waals surface area contributed by atoms with Crippen molar-refractivity contribution >= 4 is 5.65 Å². The lowest BCUT2D eigenvalue weighted by atomic mass is 9.91. The quantitative estimate of drug-likeness (QED) is 0.915. The highest BCUT2D eigenvalue weighted by Gasteiger charge is 2.28. The Kier molecular flexibility index (Phi) is 3.53. The summed E-state index contributed by atoms with van der Waals surface area (Å²) >= 11 is 0. The van der Waals surface area contributed by atoms with E-state index in [0.29, 0.717) is 5.92 Å². The van der Waals surface area contributed by atoms with Crippen LogP contribution in [0.2, 0.25) is 0 Å². The van der Waals surface area contributed by atoms with Crippen LogP contribution in [0.4, 0.5) is 0 Å². The van der Waals surface area contributed by atoms with Crippen LogP contribution in [0.1, 0.15) is 25.5 Å². The van der Waals surface area contributed by atoms with Crippen molar-refractivity contribution in [2.75, 3.05) is 13.2 Å². The van der Waals surface area contributed by atoms with Gasteiger partial charge in [0.05, 0.1) is 12.3 Å². The van der Waals surface area contributed by atoms with Crippen LogP contribution in [0.3, 0.4) is 0 Å². The Morgan fingerprint density at radius 1 is 1.42 bits per heavy atom. The molecule has 1 aliphatic rings. The molecule has 4 heteroatoms. The minimum atomic E-state index is 0.245. The van der Waals surface area contributed by atoms with E-state index in [2.05, 4.69) is 27.4 Å². The molecule has 4 nitrogen and oxygen atoms in total. The van der Waals surface area contributed by atoms with Crippen LogP contribution in [0.15, 0.2) is 30.6 Å². The number of hydrogen-bond acceptors (Lipinski definition) is 3. The van der Waals surface area contributed by atoms with E-state index in [0.717, 1.165) is 24.4 Å².